The molecular weight excluding hydrogens is 328 g/mol. The zero-order chi connectivity index (χ0) is 16.4. The molecule has 0 aliphatic heterocycles. The third kappa shape index (κ3) is 3.52. The van der Waals surface area contributed by atoms with E-state index in [0.717, 1.165) is 19.9 Å². The molecule has 2 heterocycles. The number of fused-ring (bicyclic) bond motifs is 1. The lowest BCUT2D eigenvalue weighted by Crippen LogP contribution is -2.24. The van der Waals surface area contributed by atoms with Gasteiger partial charge in [-0.25, -0.2) is 0 Å². The van der Waals surface area contributed by atoms with Gasteiger partial charge in [0.1, 0.15) is 0 Å². The molecule has 0 fully saturated rings. The van der Waals surface area contributed by atoms with Crippen LogP contribution in [0.2, 0.25) is 0 Å². The Morgan fingerprint density at radius 3 is 2.65 bits per heavy atom. The molecule has 0 radical (unpaired) electrons. The fourth-order valence-corrected chi connectivity index (χ4v) is 3.95. The van der Waals surface area contributed by atoms with E-state index in [4.69, 9.17) is 11.5 Å². The van der Waals surface area contributed by atoms with Crippen LogP contribution in [0, 0.1) is 6.92 Å². The maximum atomic E-state index is 12.0. The van der Waals surface area contributed by atoms with E-state index in [2.05, 4.69) is 41.2 Å². The van der Waals surface area contributed by atoms with Crippen molar-refractivity contribution in [2.45, 2.75) is 16.7 Å². The molecule has 4 N–H and O–H groups in total. The first-order chi connectivity index (χ1) is 11.0. The number of amides is 1. The van der Waals surface area contributed by atoms with Gasteiger partial charge >= 0.3 is 0 Å². The first-order valence-electron chi connectivity index (χ1n) is 6.79. The van der Waals surface area contributed by atoms with Gasteiger partial charge in [0, 0.05) is 27.6 Å². The molecule has 3 aromatic rings. The Morgan fingerprint density at radius 1 is 1.22 bits per heavy atom. The fourth-order valence-electron chi connectivity index (χ4n) is 2.03. The highest BCUT2D eigenvalue weighted by atomic mass is 32.2. The molecule has 0 aliphatic rings. The summed E-state index contributed by atoms with van der Waals surface area (Å²) in [6, 6.07) is 10.1. The van der Waals surface area contributed by atoms with Gasteiger partial charge < -0.3 is 11.5 Å². The van der Waals surface area contributed by atoms with Crippen molar-refractivity contribution in [1.29, 1.82) is 0 Å². The summed E-state index contributed by atoms with van der Waals surface area (Å²) < 4.78 is 0.927. The van der Waals surface area contributed by atoms with Gasteiger partial charge in [-0.2, -0.15) is 4.99 Å². The molecule has 0 spiro atoms. The molecule has 0 atom stereocenters. The highest BCUT2D eigenvalue weighted by Gasteiger charge is 2.13. The summed E-state index contributed by atoms with van der Waals surface area (Å²) in [5.74, 6) is -0.669. The predicted molar refractivity (Wildman–Crippen MR) is 95.1 cm³/mol. The highest BCUT2D eigenvalue weighted by Crippen LogP contribution is 2.36. The van der Waals surface area contributed by atoms with Crippen molar-refractivity contribution in [3.63, 3.8) is 0 Å². The monoisotopic (exact) mass is 342 g/mol. The van der Waals surface area contributed by atoms with Crippen LogP contribution in [0.15, 0.2) is 57.5 Å². The van der Waals surface area contributed by atoms with Gasteiger partial charge in [-0.3, -0.25) is 9.78 Å². The summed E-state index contributed by atoms with van der Waals surface area (Å²) >= 11 is 2.94. The second kappa shape index (κ2) is 6.39. The molecule has 3 rings (SSSR count). The van der Waals surface area contributed by atoms with Crippen molar-refractivity contribution in [3.05, 3.63) is 53.2 Å². The van der Waals surface area contributed by atoms with Crippen LogP contribution in [0.1, 0.15) is 15.2 Å². The molecule has 2 aromatic heterocycles. The largest absolute Gasteiger partial charge is 0.370 e. The molecule has 7 heteroatoms. The van der Waals surface area contributed by atoms with Gasteiger partial charge in [0.2, 0.25) is 0 Å². The number of hydrogen-bond acceptors (Lipinski definition) is 4. The zero-order valence-electron chi connectivity index (χ0n) is 12.3. The van der Waals surface area contributed by atoms with Crippen LogP contribution >= 0.6 is 23.1 Å². The minimum absolute atomic E-state index is 0.236. The van der Waals surface area contributed by atoms with Crippen molar-refractivity contribution < 1.29 is 4.79 Å². The van der Waals surface area contributed by atoms with E-state index in [-0.39, 0.29) is 5.96 Å². The van der Waals surface area contributed by atoms with Crippen molar-refractivity contribution in [1.82, 2.24) is 4.98 Å². The fraction of sp³-hybridized carbons (Fsp3) is 0.0625. The summed E-state index contributed by atoms with van der Waals surface area (Å²) in [5.41, 5.74) is 11.7. The standard InChI is InChI=1S/C16H14N4OS2/c1-9-2-4-10(5-3-9)22-13-7-19-8-14-11(13)6-12(23-14)15(21)20-16(17)18/h2-8H,1H3,(H4,17,18,20,21). The van der Waals surface area contributed by atoms with Crippen LogP contribution in [0.25, 0.3) is 10.1 Å². The van der Waals surface area contributed by atoms with Crippen molar-refractivity contribution in [3.8, 4) is 0 Å². The van der Waals surface area contributed by atoms with Gasteiger partial charge in [0.25, 0.3) is 5.91 Å². The van der Waals surface area contributed by atoms with Gasteiger partial charge in [-0.15, -0.1) is 11.3 Å². The Labute approximate surface area is 141 Å². The van der Waals surface area contributed by atoms with Crippen molar-refractivity contribution in [2.75, 3.05) is 0 Å². The van der Waals surface area contributed by atoms with E-state index >= 15 is 0 Å². The molecule has 1 amide bonds. The second-order valence-electron chi connectivity index (χ2n) is 4.92. The lowest BCUT2D eigenvalue weighted by molar-refractivity contribution is 0.101. The number of pyridine rings is 1. The Balaban J connectivity index is 1.98. The maximum Gasteiger partial charge on any atom is 0.290 e. The number of benzene rings is 1. The molecular formula is C16H14N4OS2. The Hall–Kier alpha value is -2.38. The number of guanidine groups is 1. The lowest BCUT2D eigenvalue weighted by Gasteiger charge is -2.03. The van der Waals surface area contributed by atoms with Crippen LogP contribution in [-0.2, 0) is 0 Å². The minimum Gasteiger partial charge on any atom is -0.370 e. The normalized spacial score (nSPS) is 10.7. The zero-order valence-corrected chi connectivity index (χ0v) is 13.9. The van der Waals surface area contributed by atoms with Gasteiger partial charge in [0.05, 0.1) is 9.58 Å². The van der Waals surface area contributed by atoms with Gasteiger partial charge in [-0.1, -0.05) is 29.5 Å². The molecule has 1 aromatic carbocycles. The van der Waals surface area contributed by atoms with Crippen LogP contribution in [-0.4, -0.2) is 16.9 Å². The summed E-state index contributed by atoms with van der Waals surface area (Å²) in [5, 5.41) is 0.977. The Kier molecular flexibility index (Phi) is 4.31. The van der Waals surface area contributed by atoms with E-state index in [1.54, 1.807) is 24.2 Å². The first kappa shape index (κ1) is 15.5. The smallest absolute Gasteiger partial charge is 0.290 e. The van der Waals surface area contributed by atoms with Crippen LogP contribution in [0.4, 0.5) is 0 Å². The maximum absolute atomic E-state index is 12.0. The van der Waals surface area contributed by atoms with E-state index in [1.165, 1.54) is 16.9 Å². The topological polar surface area (TPSA) is 94.4 Å². The quantitative estimate of drug-likeness (QED) is 0.563. The number of aliphatic imine (C=N–C) groups is 1. The first-order valence-corrected chi connectivity index (χ1v) is 8.42. The number of aryl methyl sites for hydroxylation is 1. The number of aromatic nitrogens is 1. The third-order valence-corrected chi connectivity index (χ3v) is 5.21. The van der Waals surface area contributed by atoms with Crippen LogP contribution in [0.3, 0.4) is 0 Å². The van der Waals surface area contributed by atoms with E-state index in [0.29, 0.717) is 4.88 Å². The number of carbonyl (C=O) groups excluding carboxylic acids is 1. The summed E-state index contributed by atoms with van der Waals surface area (Å²) in [7, 11) is 0. The van der Waals surface area contributed by atoms with E-state index < -0.39 is 5.91 Å². The molecule has 0 aliphatic carbocycles. The number of thiophene rings is 1. The molecule has 0 bridgehead atoms. The molecule has 5 nitrogen and oxygen atoms in total. The molecule has 23 heavy (non-hydrogen) atoms. The lowest BCUT2D eigenvalue weighted by atomic mass is 10.2. The summed E-state index contributed by atoms with van der Waals surface area (Å²) in [6.07, 6.45) is 3.54. The number of carbonyl (C=O) groups is 1. The van der Waals surface area contributed by atoms with E-state index in [1.807, 2.05) is 6.07 Å². The van der Waals surface area contributed by atoms with Crippen molar-refractivity contribution >= 4 is 45.1 Å². The summed E-state index contributed by atoms with van der Waals surface area (Å²) in [6.45, 7) is 2.05. The van der Waals surface area contributed by atoms with Gasteiger partial charge in [-0.05, 0) is 25.1 Å². The number of hydrogen-bond donors (Lipinski definition) is 2. The average molecular weight is 342 g/mol. The van der Waals surface area contributed by atoms with Gasteiger partial charge in [0.15, 0.2) is 5.96 Å². The average Bonchev–Trinajstić information content (AvgIpc) is 2.94. The summed E-state index contributed by atoms with van der Waals surface area (Å²) in [4.78, 5) is 22.4. The Bertz CT molecular complexity index is 896. The molecule has 116 valence electrons. The second-order valence-corrected chi connectivity index (χ2v) is 7.12. The third-order valence-electron chi connectivity index (χ3n) is 3.10. The molecule has 0 saturated heterocycles. The SMILES string of the molecule is Cc1ccc(Sc2cncc3sc(C(=O)N=C(N)N)cc23)cc1. The molecule has 0 unspecified atom stereocenters. The van der Waals surface area contributed by atoms with Crippen LogP contribution < -0.4 is 11.5 Å². The Morgan fingerprint density at radius 2 is 1.96 bits per heavy atom. The molecule has 0 saturated carbocycles. The number of nitrogens with two attached hydrogens (primary N) is 2. The van der Waals surface area contributed by atoms with E-state index in [9.17, 15) is 4.79 Å². The van der Waals surface area contributed by atoms with Crippen LogP contribution in [0.5, 0.6) is 0 Å². The van der Waals surface area contributed by atoms with Crippen molar-refractivity contribution in [2.24, 2.45) is 16.5 Å². The number of rotatable bonds is 3. The number of nitrogens with zero attached hydrogens (tertiary/aromatic N) is 2. The predicted octanol–water partition coefficient (Wildman–Crippen LogP) is 3.17. The minimum atomic E-state index is -0.433. The highest BCUT2D eigenvalue weighted by molar-refractivity contribution is 7.99.